The third-order valence-corrected chi connectivity index (χ3v) is 3.86. The van der Waals surface area contributed by atoms with Crippen molar-refractivity contribution in [3.8, 4) is 6.07 Å². The van der Waals surface area contributed by atoms with Crippen molar-refractivity contribution in [2.45, 2.75) is 38.8 Å². The molecule has 0 bridgehead atoms. The Morgan fingerprint density at radius 2 is 1.88 bits per heavy atom. The van der Waals surface area contributed by atoms with Gasteiger partial charge in [0.1, 0.15) is 5.54 Å². The summed E-state index contributed by atoms with van der Waals surface area (Å²) in [5.41, 5.74) is -0.380. The molecule has 0 aromatic carbocycles. The molecule has 1 unspecified atom stereocenters. The summed E-state index contributed by atoms with van der Waals surface area (Å²) >= 11 is 0. The third-order valence-electron chi connectivity index (χ3n) is 3.86. The standard InChI is InChI=1S/C13H26N4/c1-12(2)17-9-7-16(8-10-17)6-5-13(3,11-14)15-4/h12,15H,5-10H2,1-4H3. The van der Waals surface area contributed by atoms with Gasteiger partial charge in [0.15, 0.2) is 0 Å². The summed E-state index contributed by atoms with van der Waals surface area (Å²) in [6.07, 6.45) is 0.891. The van der Waals surface area contributed by atoms with Crippen molar-refractivity contribution < 1.29 is 0 Å². The minimum Gasteiger partial charge on any atom is -0.303 e. The molecule has 0 aliphatic carbocycles. The summed E-state index contributed by atoms with van der Waals surface area (Å²) in [5, 5.41) is 12.2. The number of rotatable bonds is 5. The molecule has 1 N–H and O–H groups in total. The van der Waals surface area contributed by atoms with E-state index in [0.717, 1.165) is 39.1 Å². The highest BCUT2D eigenvalue weighted by atomic mass is 15.3. The molecule has 0 spiro atoms. The van der Waals surface area contributed by atoms with Crippen LogP contribution in [0.3, 0.4) is 0 Å². The molecule has 1 aliphatic rings. The van der Waals surface area contributed by atoms with Gasteiger partial charge in [0, 0.05) is 38.8 Å². The molecule has 1 saturated heterocycles. The largest absolute Gasteiger partial charge is 0.303 e. The van der Waals surface area contributed by atoms with Crippen LogP contribution < -0.4 is 5.32 Å². The lowest BCUT2D eigenvalue weighted by atomic mass is 10.00. The van der Waals surface area contributed by atoms with E-state index in [1.165, 1.54) is 0 Å². The Kier molecular flexibility index (Phi) is 5.38. The number of nitrogens with one attached hydrogen (secondary N) is 1. The second-order valence-corrected chi connectivity index (χ2v) is 5.42. The van der Waals surface area contributed by atoms with Crippen LogP contribution in [0.25, 0.3) is 0 Å². The Morgan fingerprint density at radius 1 is 1.29 bits per heavy atom. The van der Waals surface area contributed by atoms with Gasteiger partial charge in [0.25, 0.3) is 0 Å². The molecule has 0 amide bonds. The number of hydrogen-bond donors (Lipinski definition) is 1. The Morgan fingerprint density at radius 3 is 2.29 bits per heavy atom. The van der Waals surface area contributed by atoms with E-state index in [-0.39, 0.29) is 5.54 Å². The predicted molar refractivity (Wildman–Crippen MR) is 70.8 cm³/mol. The van der Waals surface area contributed by atoms with Crippen LogP contribution in [-0.4, -0.2) is 61.2 Å². The van der Waals surface area contributed by atoms with Crippen LogP contribution in [0, 0.1) is 11.3 Å². The van der Waals surface area contributed by atoms with Crippen molar-refractivity contribution in [3.05, 3.63) is 0 Å². The zero-order valence-corrected chi connectivity index (χ0v) is 11.7. The van der Waals surface area contributed by atoms with Gasteiger partial charge < -0.3 is 10.2 Å². The quantitative estimate of drug-likeness (QED) is 0.773. The van der Waals surface area contributed by atoms with E-state index >= 15 is 0 Å². The monoisotopic (exact) mass is 238 g/mol. The first kappa shape index (κ1) is 14.4. The van der Waals surface area contributed by atoms with E-state index in [2.05, 4.69) is 35.0 Å². The van der Waals surface area contributed by atoms with Crippen LogP contribution in [0.2, 0.25) is 0 Å². The van der Waals surface area contributed by atoms with Gasteiger partial charge in [-0.25, -0.2) is 0 Å². The summed E-state index contributed by atoms with van der Waals surface area (Å²) < 4.78 is 0. The first-order valence-electron chi connectivity index (χ1n) is 6.57. The van der Waals surface area contributed by atoms with Crippen molar-refractivity contribution in [2.75, 3.05) is 39.8 Å². The minimum absolute atomic E-state index is 0.380. The second-order valence-electron chi connectivity index (χ2n) is 5.42. The van der Waals surface area contributed by atoms with Crippen LogP contribution in [-0.2, 0) is 0 Å². The molecular formula is C13H26N4. The summed E-state index contributed by atoms with van der Waals surface area (Å²) in [4.78, 5) is 4.98. The molecule has 1 heterocycles. The van der Waals surface area contributed by atoms with Crippen molar-refractivity contribution in [2.24, 2.45) is 0 Å². The first-order chi connectivity index (χ1) is 8.00. The Hall–Kier alpha value is -0.630. The van der Waals surface area contributed by atoms with E-state index in [1.54, 1.807) is 0 Å². The van der Waals surface area contributed by atoms with E-state index in [4.69, 9.17) is 5.26 Å². The molecule has 0 aromatic rings. The average molecular weight is 238 g/mol. The van der Waals surface area contributed by atoms with Gasteiger partial charge in [0.05, 0.1) is 6.07 Å². The smallest absolute Gasteiger partial charge is 0.104 e. The topological polar surface area (TPSA) is 42.3 Å². The van der Waals surface area contributed by atoms with Gasteiger partial charge in [0.2, 0.25) is 0 Å². The molecule has 4 heteroatoms. The molecule has 17 heavy (non-hydrogen) atoms. The molecule has 0 saturated carbocycles. The summed E-state index contributed by atoms with van der Waals surface area (Å²) in [6, 6.07) is 3.00. The first-order valence-corrected chi connectivity index (χ1v) is 6.57. The van der Waals surface area contributed by atoms with Crippen molar-refractivity contribution in [1.29, 1.82) is 5.26 Å². The fourth-order valence-corrected chi connectivity index (χ4v) is 2.12. The fraction of sp³-hybridized carbons (Fsp3) is 0.923. The normalized spacial score (nSPS) is 22.4. The van der Waals surface area contributed by atoms with Crippen LogP contribution >= 0.6 is 0 Å². The van der Waals surface area contributed by atoms with E-state index in [1.807, 2.05) is 14.0 Å². The van der Waals surface area contributed by atoms with Gasteiger partial charge in [-0.05, 0) is 34.2 Å². The molecule has 1 aliphatic heterocycles. The lowest BCUT2D eigenvalue weighted by molar-refractivity contribution is 0.104. The van der Waals surface area contributed by atoms with Crippen LogP contribution in [0.1, 0.15) is 27.2 Å². The maximum Gasteiger partial charge on any atom is 0.104 e. The lowest BCUT2D eigenvalue weighted by Gasteiger charge is -2.37. The van der Waals surface area contributed by atoms with Gasteiger partial charge >= 0.3 is 0 Å². The Balaban J connectivity index is 2.30. The molecule has 4 nitrogen and oxygen atoms in total. The number of nitriles is 1. The zero-order valence-electron chi connectivity index (χ0n) is 11.7. The van der Waals surface area contributed by atoms with Gasteiger partial charge in [-0.3, -0.25) is 4.90 Å². The highest BCUT2D eigenvalue weighted by molar-refractivity contribution is 5.03. The van der Waals surface area contributed by atoms with Crippen molar-refractivity contribution in [1.82, 2.24) is 15.1 Å². The van der Waals surface area contributed by atoms with Crippen LogP contribution in [0.4, 0.5) is 0 Å². The van der Waals surface area contributed by atoms with Gasteiger partial charge in [-0.1, -0.05) is 0 Å². The van der Waals surface area contributed by atoms with Crippen LogP contribution in [0.5, 0.6) is 0 Å². The van der Waals surface area contributed by atoms with E-state index in [0.29, 0.717) is 6.04 Å². The summed E-state index contributed by atoms with van der Waals surface area (Å²) in [5.74, 6) is 0. The molecular weight excluding hydrogens is 212 g/mol. The lowest BCUT2D eigenvalue weighted by Crippen LogP contribution is -2.50. The SMILES string of the molecule is CNC(C)(C#N)CCN1CCN(C(C)C)CC1. The zero-order chi connectivity index (χ0) is 12.9. The van der Waals surface area contributed by atoms with Crippen LogP contribution in [0.15, 0.2) is 0 Å². The third kappa shape index (κ3) is 4.27. The van der Waals surface area contributed by atoms with Gasteiger partial charge in [-0.15, -0.1) is 0 Å². The highest BCUT2D eigenvalue weighted by Gasteiger charge is 2.24. The van der Waals surface area contributed by atoms with E-state index in [9.17, 15) is 0 Å². The molecule has 0 aromatic heterocycles. The molecule has 1 rings (SSSR count). The summed E-state index contributed by atoms with van der Waals surface area (Å²) in [7, 11) is 1.86. The maximum atomic E-state index is 9.09. The Bertz CT molecular complexity index is 263. The number of nitrogens with zero attached hydrogens (tertiary/aromatic N) is 3. The second kappa shape index (κ2) is 6.34. The Labute approximate surface area is 106 Å². The minimum atomic E-state index is -0.380. The van der Waals surface area contributed by atoms with Crippen molar-refractivity contribution in [3.63, 3.8) is 0 Å². The predicted octanol–water partition coefficient (Wildman–Crippen LogP) is 0.904. The fourth-order valence-electron chi connectivity index (χ4n) is 2.12. The average Bonchev–Trinajstić information content (AvgIpc) is 2.36. The highest BCUT2D eigenvalue weighted by Crippen LogP contribution is 2.11. The molecule has 1 fully saturated rings. The molecule has 1 atom stereocenters. The van der Waals surface area contributed by atoms with Gasteiger partial charge in [-0.2, -0.15) is 5.26 Å². The maximum absolute atomic E-state index is 9.09. The summed E-state index contributed by atoms with van der Waals surface area (Å²) in [6.45, 7) is 12.1. The van der Waals surface area contributed by atoms with Crippen molar-refractivity contribution >= 4 is 0 Å². The van der Waals surface area contributed by atoms with E-state index < -0.39 is 0 Å². The molecule has 0 radical (unpaired) electrons. The number of piperazine rings is 1. The number of hydrogen-bond acceptors (Lipinski definition) is 4. The molecule has 98 valence electrons.